The van der Waals surface area contributed by atoms with Crippen molar-refractivity contribution in [2.24, 2.45) is 4.02 Å². The van der Waals surface area contributed by atoms with Gasteiger partial charge in [0.25, 0.3) is 0 Å². The molecule has 0 fully saturated rings. The van der Waals surface area contributed by atoms with E-state index in [1.807, 2.05) is 33.8 Å². The summed E-state index contributed by atoms with van der Waals surface area (Å²) in [4.78, 5) is 15.1. The first-order valence-electron chi connectivity index (χ1n) is 10.9. The Morgan fingerprint density at radius 1 is 1.09 bits per heavy atom. The van der Waals surface area contributed by atoms with Crippen molar-refractivity contribution in [2.45, 2.75) is 39.7 Å². The van der Waals surface area contributed by atoms with Gasteiger partial charge in [-0.3, -0.25) is 4.79 Å². The summed E-state index contributed by atoms with van der Waals surface area (Å²) < 4.78 is 41.2. The van der Waals surface area contributed by atoms with Crippen molar-refractivity contribution in [1.82, 2.24) is 4.90 Å². The summed E-state index contributed by atoms with van der Waals surface area (Å²) in [5.41, 5.74) is 2.00. The third-order valence-electron chi connectivity index (χ3n) is 5.68. The van der Waals surface area contributed by atoms with E-state index in [2.05, 4.69) is 20.2 Å². The Hall–Kier alpha value is -2.81. The van der Waals surface area contributed by atoms with Crippen molar-refractivity contribution < 1.29 is 28.1 Å². The van der Waals surface area contributed by atoms with Crippen LogP contribution < -0.4 is 18.9 Å². The second kappa shape index (κ2) is 10.2. The zero-order valence-electron chi connectivity index (χ0n) is 20.5. The van der Waals surface area contributed by atoms with E-state index in [0.717, 1.165) is 5.56 Å². The molecule has 1 aliphatic rings. The lowest BCUT2D eigenvalue weighted by Crippen LogP contribution is -2.31. The number of benzene rings is 2. The minimum Gasteiger partial charge on any atom is -0.493 e. The number of amidine groups is 1. The van der Waals surface area contributed by atoms with Gasteiger partial charge < -0.3 is 23.8 Å². The van der Waals surface area contributed by atoms with Gasteiger partial charge in [-0.1, -0.05) is 20.8 Å². The molecule has 0 atom stereocenters. The van der Waals surface area contributed by atoms with Gasteiger partial charge in [-0.05, 0) is 36.1 Å². The van der Waals surface area contributed by atoms with E-state index in [1.165, 1.54) is 14.2 Å². The Morgan fingerprint density at radius 2 is 1.76 bits per heavy atom. The number of carbonyl (C=O) groups is 1. The number of ether oxygens (including phenoxy) is 4. The maximum absolute atomic E-state index is 15.2. The predicted octanol–water partition coefficient (Wildman–Crippen LogP) is 5.30. The molecule has 34 heavy (non-hydrogen) atoms. The maximum atomic E-state index is 15.2. The summed E-state index contributed by atoms with van der Waals surface area (Å²) in [6.45, 7) is 8.74. The molecule has 0 saturated heterocycles. The lowest BCUT2D eigenvalue weighted by Gasteiger charge is -2.25. The topological polar surface area (TPSA) is 69.6 Å². The van der Waals surface area contributed by atoms with Crippen molar-refractivity contribution in [3.63, 3.8) is 0 Å². The van der Waals surface area contributed by atoms with Crippen LogP contribution in [0.1, 0.15) is 54.7 Å². The Morgan fingerprint density at radius 3 is 2.29 bits per heavy atom. The van der Waals surface area contributed by atoms with Crippen LogP contribution in [0.25, 0.3) is 0 Å². The van der Waals surface area contributed by atoms with Crippen LogP contribution in [-0.2, 0) is 12.0 Å². The number of carbonyl (C=O) groups excluding carboxylic acids is 1. The molecule has 0 radical (unpaired) electrons. The normalized spacial score (nSPS) is 14.3. The van der Waals surface area contributed by atoms with Gasteiger partial charge in [0.2, 0.25) is 0 Å². The van der Waals surface area contributed by atoms with Crippen LogP contribution in [0.5, 0.6) is 23.0 Å². The van der Waals surface area contributed by atoms with Crippen LogP contribution in [0.2, 0.25) is 0 Å². The first kappa shape index (κ1) is 25.8. The van der Waals surface area contributed by atoms with Gasteiger partial charge in [-0.2, -0.15) is 4.02 Å². The van der Waals surface area contributed by atoms with Gasteiger partial charge >= 0.3 is 0 Å². The van der Waals surface area contributed by atoms with E-state index in [0.29, 0.717) is 41.6 Å². The molecule has 1 heterocycles. The summed E-state index contributed by atoms with van der Waals surface area (Å²) in [5.74, 6) is 0.986. The van der Waals surface area contributed by atoms with Crippen molar-refractivity contribution in [1.29, 1.82) is 0 Å². The van der Waals surface area contributed by atoms with Crippen molar-refractivity contribution in [2.75, 3.05) is 34.5 Å². The van der Waals surface area contributed by atoms with Crippen LogP contribution in [-0.4, -0.2) is 51.0 Å². The molecule has 184 valence electrons. The summed E-state index contributed by atoms with van der Waals surface area (Å²) in [6.07, 6.45) is 0. The number of halogens is 2. The van der Waals surface area contributed by atoms with Crippen LogP contribution in [0.4, 0.5) is 4.39 Å². The van der Waals surface area contributed by atoms with Gasteiger partial charge in [0.05, 0.1) is 56.2 Å². The van der Waals surface area contributed by atoms with Gasteiger partial charge in [0, 0.05) is 17.7 Å². The standard InChI is InChI=1S/C25H30BrFN2O5/c1-8-34-19-10-14(9-16(22(19)32-6)25(2,3)4)17(30)13-29-12-15-11-18(31-5)23(33-7)21(27)20(15)24(29)28-26/h9-11H,8,12-13H2,1-7H3/b28-24-. The molecule has 0 aromatic heterocycles. The largest absolute Gasteiger partial charge is 0.493 e. The molecule has 2 aromatic rings. The highest BCUT2D eigenvalue weighted by Gasteiger charge is 2.34. The molecule has 1 aliphatic heterocycles. The highest BCUT2D eigenvalue weighted by molar-refractivity contribution is 9.08. The quantitative estimate of drug-likeness (QED) is 0.426. The Labute approximate surface area is 208 Å². The number of Topliss-reactive ketones (excluding diaryl/α,β-unsaturated/α-hetero) is 1. The number of hydrogen-bond acceptors (Lipinski definition) is 6. The number of hydrogen-bond donors (Lipinski definition) is 0. The Balaban J connectivity index is 2.00. The SMILES string of the molecule is CCOc1cc(C(=O)CN2Cc3cc(OC)c(OC)c(F)c3/C2=N/Br)cc(C(C)(C)C)c1OC. The van der Waals surface area contributed by atoms with Gasteiger partial charge in [-0.15, -0.1) is 0 Å². The third-order valence-corrected chi connectivity index (χ3v) is 6.02. The monoisotopic (exact) mass is 536 g/mol. The van der Waals surface area contributed by atoms with Gasteiger partial charge in [0.1, 0.15) is 5.84 Å². The molecule has 0 amide bonds. The first-order chi connectivity index (χ1) is 16.1. The molecule has 7 nitrogen and oxygen atoms in total. The smallest absolute Gasteiger partial charge is 0.197 e. The fourth-order valence-corrected chi connectivity index (χ4v) is 4.49. The third kappa shape index (κ3) is 4.71. The van der Waals surface area contributed by atoms with E-state index in [4.69, 9.17) is 18.9 Å². The Kier molecular flexibility index (Phi) is 7.75. The fraction of sp³-hybridized carbons (Fsp3) is 0.440. The zero-order valence-corrected chi connectivity index (χ0v) is 22.1. The number of methoxy groups -OCH3 is 3. The highest BCUT2D eigenvalue weighted by atomic mass is 79.9. The molecule has 9 heteroatoms. The van der Waals surface area contributed by atoms with Gasteiger partial charge in [-0.25, -0.2) is 4.39 Å². The second-order valence-corrected chi connectivity index (χ2v) is 9.24. The fourth-order valence-electron chi connectivity index (χ4n) is 4.09. The summed E-state index contributed by atoms with van der Waals surface area (Å²) in [6, 6.07) is 5.24. The molecule has 2 aromatic carbocycles. The van der Waals surface area contributed by atoms with E-state index < -0.39 is 5.82 Å². The van der Waals surface area contributed by atoms with Crippen molar-refractivity contribution in [3.8, 4) is 23.0 Å². The summed E-state index contributed by atoms with van der Waals surface area (Å²) in [5, 5.41) is 0. The summed E-state index contributed by atoms with van der Waals surface area (Å²) in [7, 11) is 4.42. The second-order valence-electron chi connectivity index (χ2n) is 8.89. The van der Waals surface area contributed by atoms with E-state index in [-0.39, 0.29) is 34.8 Å². The van der Waals surface area contributed by atoms with Crippen LogP contribution in [0.3, 0.4) is 0 Å². The van der Waals surface area contributed by atoms with Crippen molar-refractivity contribution in [3.05, 3.63) is 46.3 Å². The molecule has 0 saturated carbocycles. The average molecular weight is 537 g/mol. The maximum Gasteiger partial charge on any atom is 0.197 e. The van der Waals surface area contributed by atoms with Crippen LogP contribution in [0, 0.1) is 5.82 Å². The average Bonchev–Trinajstić information content (AvgIpc) is 3.14. The molecule has 0 bridgehead atoms. The van der Waals surface area contributed by atoms with E-state index in [9.17, 15) is 4.79 Å². The van der Waals surface area contributed by atoms with E-state index >= 15 is 4.39 Å². The first-order valence-corrected chi connectivity index (χ1v) is 11.6. The van der Waals surface area contributed by atoms with Gasteiger partial charge in [0.15, 0.2) is 34.6 Å². The molecular formula is C25H30BrFN2O5. The number of rotatable bonds is 8. The minimum atomic E-state index is -0.580. The molecule has 0 unspecified atom stereocenters. The number of fused-ring (bicyclic) bond motifs is 1. The van der Waals surface area contributed by atoms with Crippen LogP contribution >= 0.6 is 16.1 Å². The number of ketones is 1. The zero-order chi connectivity index (χ0) is 25.2. The molecular weight excluding hydrogens is 507 g/mol. The lowest BCUT2D eigenvalue weighted by atomic mass is 9.84. The van der Waals surface area contributed by atoms with Crippen LogP contribution in [0.15, 0.2) is 22.2 Å². The molecule has 0 N–H and O–H groups in total. The Bertz CT molecular complexity index is 1130. The summed E-state index contributed by atoms with van der Waals surface area (Å²) >= 11 is 3.10. The lowest BCUT2D eigenvalue weighted by molar-refractivity contribution is 0.0962. The minimum absolute atomic E-state index is 0.00518. The molecule has 3 rings (SSSR count). The van der Waals surface area contributed by atoms with Crippen molar-refractivity contribution >= 4 is 27.8 Å². The number of nitrogens with zero attached hydrogens (tertiary/aromatic N) is 2. The molecule has 0 spiro atoms. The predicted molar refractivity (Wildman–Crippen MR) is 133 cm³/mol. The molecule has 0 aliphatic carbocycles. The van der Waals surface area contributed by atoms with E-state index in [1.54, 1.807) is 24.1 Å². The highest BCUT2D eigenvalue weighted by Crippen LogP contribution is 2.41.